The smallest absolute Gasteiger partial charge is 0.317 e. The topological polar surface area (TPSA) is 61.8 Å². The van der Waals surface area contributed by atoms with Crippen molar-refractivity contribution in [1.82, 2.24) is 0 Å². The molecule has 2 atom stereocenters. The van der Waals surface area contributed by atoms with Gasteiger partial charge in [0.05, 0.1) is 17.6 Å². The van der Waals surface area contributed by atoms with E-state index in [4.69, 9.17) is 14.2 Å². The van der Waals surface area contributed by atoms with Crippen molar-refractivity contribution in [2.24, 2.45) is 5.92 Å². The number of rotatable bonds is 7. The number of ketones is 1. The van der Waals surface area contributed by atoms with Gasteiger partial charge < -0.3 is 14.2 Å². The van der Waals surface area contributed by atoms with Gasteiger partial charge in [-0.1, -0.05) is 0 Å². The number of thioether (sulfide) groups is 1. The van der Waals surface area contributed by atoms with Gasteiger partial charge in [-0.25, -0.2) is 0 Å². The van der Waals surface area contributed by atoms with E-state index >= 15 is 0 Å². The fraction of sp³-hybridized carbons (Fsp3) is 0.833. The maximum Gasteiger partial charge on any atom is 0.317 e. The van der Waals surface area contributed by atoms with E-state index in [1.807, 2.05) is 13.8 Å². The molecule has 5 nitrogen and oxygen atoms in total. The van der Waals surface area contributed by atoms with E-state index in [0.29, 0.717) is 19.0 Å². The molecule has 1 heterocycles. The summed E-state index contributed by atoms with van der Waals surface area (Å²) >= 11 is 1.40. The number of Topliss-reactive ketones (excluding diaryl/α,β-unsaturated/α-hetero) is 1. The van der Waals surface area contributed by atoms with Crippen LogP contribution in [0, 0.1) is 5.92 Å². The number of ether oxygens (including phenoxy) is 3. The summed E-state index contributed by atoms with van der Waals surface area (Å²) in [5.41, 5.74) is 0. The predicted molar refractivity (Wildman–Crippen MR) is 68.4 cm³/mol. The first-order valence-corrected chi connectivity index (χ1v) is 7.24. The molecule has 2 unspecified atom stereocenters. The summed E-state index contributed by atoms with van der Waals surface area (Å²) < 4.78 is 15.9. The van der Waals surface area contributed by atoms with E-state index in [9.17, 15) is 9.59 Å². The molecule has 6 heteroatoms. The lowest BCUT2D eigenvalue weighted by Crippen LogP contribution is -2.39. The molecule has 1 aliphatic heterocycles. The average molecular weight is 276 g/mol. The van der Waals surface area contributed by atoms with Crippen molar-refractivity contribution in [1.29, 1.82) is 0 Å². The van der Waals surface area contributed by atoms with Crippen LogP contribution in [0.15, 0.2) is 0 Å². The summed E-state index contributed by atoms with van der Waals surface area (Å²) in [6.07, 6.45) is -0.536. The Labute approximate surface area is 112 Å². The summed E-state index contributed by atoms with van der Waals surface area (Å²) in [7, 11) is 0. The first kappa shape index (κ1) is 15.5. The van der Waals surface area contributed by atoms with Crippen LogP contribution in [0.5, 0.6) is 0 Å². The Morgan fingerprint density at radius 3 is 2.39 bits per heavy atom. The second-order valence-corrected chi connectivity index (χ2v) is 4.92. The summed E-state index contributed by atoms with van der Waals surface area (Å²) in [6.45, 7) is 6.66. The lowest BCUT2D eigenvalue weighted by molar-refractivity contribution is -0.163. The van der Waals surface area contributed by atoms with Gasteiger partial charge in [0.25, 0.3) is 0 Å². The Hall–Kier alpha value is -0.590. The average Bonchev–Trinajstić information content (AvgIpc) is 2.71. The van der Waals surface area contributed by atoms with E-state index in [2.05, 4.69) is 0 Å². The molecule has 1 aliphatic rings. The predicted octanol–water partition coefficient (Wildman–Crippen LogP) is 1.25. The molecule has 0 aliphatic carbocycles. The van der Waals surface area contributed by atoms with Gasteiger partial charge in [0.15, 0.2) is 12.1 Å². The zero-order valence-corrected chi connectivity index (χ0v) is 11.8. The first-order chi connectivity index (χ1) is 8.65. The van der Waals surface area contributed by atoms with Gasteiger partial charge in [0.1, 0.15) is 5.92 Å². The fourth-order valence-electron chi connectivity index (χ4n) is 1.85. The van der Waals surface area contributed by atoms with E-state index < -0.39 is 18.2 Å². The second-order valence-electron chi connectivity index (χ2n) is 3.75. The van der Waals surface area contributed by atoms with Crippen molar-refractivity contribution in [2.45, 2.75) is 32.3 Å². The lowest BCUT2D eigenvalue weighted by Gasteiger charge is -2.25. The van der Waals surface area contributed by atoms with Gasteiger partial charge in [0.2, 0.25) is 0 Å². The van der Waals surface area contributed by atoms with Crippen LogP contribution >= 0.6 is 11.8 Å². The molecule has 18 heavy (non-hydrogen) atoms. The highest BCUT2D eigenvalue weighted by molar-refractivity contribution is 8.01. The highest BCUT2D eigenvalue weighted by Gasteiger charge is 2.46. The first-order valence-electron chi connectivity index (χ1n) is 6.19. The molecule has 0 N–H and O–H groups in total. The highest BCUT2D eigenvalue weighted by Crippen LogP contribution is 2.34. The number of esters is 1. The Kier molecular flexibility index (Phi) is 6.67. The van der Waals surface area contributed by atoms with Crippen LogP contribution in [0.4, 0.5) is 0 Å². The zero-order chi connectivity index (χ0) is 13.5. The number of carbonyl (C=O) groups is 2. The van der Waals surface area contributed by atoms with Crippen LogP contribution in [-0.4, -0.2) is 48.9 Å². The molecule has 1 rings (SSSR count). The SMILES string of the molecule is CCOC(=O)C1C(=O)CSC1C(OCC)OCC. The Balaban J connectivity index is 2.77. The largest absolute Gasteiger partial charge is 0.465 e. The normalized spacial score (nSPS) is 23.7. The Morgan fingerprint density at radius 2 is 1.89 bits per heavy atom. The van der Waals surface area contributed by atoms with Crippen molar-refractivity contribution < 1.29 is 23.8 Å². The van der Waals surface area contributed by atoms with Crippen molar-refractivity contribution in [3.05, 3.63) is 0 Å². The molecule has 0 spiro atoms. The molecule has 0 radical (unpaired) electrons. The van der Waals surface area contributed by atoms with Crippen molar-refractivity contribution in [2.75, 3.05) is 25.6 Å². The van der Waals surface area contributed by atoms with E-state index in [1.165, 1.54) is 11.8 Å². The van der Waals surface area contributed by atoms with Crippen molar-refractivity contribution in [3.63, 3.8) is 0 Å². The van der Waals surface area contributed by atoms with Crippen molar-refractivity contribution >= 4 is 23.5 Å². The maximum absolute atomic E-state index is 11.8. The maximum atomic E-state index is 11.8. The quantitative estimate of drug-likeness (QED) is 0.396. The third kappa shape index (κ3) is 3.70. The molecule has 0 aromatic carbocycles. The van der Waals surface area contributed by atoms with Crippen LogP contribution in [0.1, 0.15) is 20.8 Å². The van der Waals surface area contributed by atoms with Crippen LogP contribution < -0.4 is 0 Å². The molecule has 0 saturated carbocycles. The Morgan fingerprint density at radius 1 is 1.28 bits per heavy atom. The summed E-state index contributed by atoms with van der Waals surface area (Å²) in [5, 5.41) is -0.309. The molecular formula is C12H20O5S. The zero-order valence-electron chi connectivity index (χ0n) is 11.0. The fourth-order valence-corrected chi connectivity index (χ4v) is 3.15. The number of carbonyl (C=O) groups excluding carboxylic acids is 2. The summed E-state index contributed by atoms with van der Waals surface area (Å²) in [4.78, 5) is 23.6. The Bertz CT molecular complexity index is 288. The van der Waals surface area contributed by atoms with E-state index in [0.717, 1.165) is 0 Å². The van der Waals surface area contributed by atoms with E-state index in [1.54, 1.807) is 6.92 Å². The number of hydrogen-bond donors (Lipinski definition) is 0. The number of hydrogen-bond acceptors (Lipinski definition) is 6. The minimum atomic E-state index is -0.766. The molecule has 0 bridgehead atoms. The summed E-state index contributed by atoms with van der Waals surface area (Å²) in [5.74, 6) is -1.03. The third-order valence-electron chi connectivity index (χ3n) is 2.56. The van der Waals surface area contributed by atoms with Crippen LogP contribution in [0.3, 0.4) is 0 Å². The lowest BCUT2D eigenvalue weighted by atomic mass is 10.0. The molecule has 1 fully saturated rings. The molecular weight excluding hydrogens is 256 g/mol. The molecule has 104 valence electrons. The highest BCUT2D eigenvalue weighted by atomic mass is 32.2. The van der Waals surface area contributed by atoms with Gasteiger partial charge in [-0.2, -0.15) is 0 Å². The van der Waals surface area contributed by atoms with E-state index in [-0.39, 0.29) is 17.6 Å². The van der Waals surface area contributed by atoms with Gasteiger partial charge in [-0.3, -0.25) is 9.59 Å². The van der Waals surface area contributed by atoms with Gasteiger partial charge in [-0.15, -0.1) is 11.8 Å². The monoisotopic (exact) mass is 276 g/mol. The van der Waals surface area contributed by atoms with Crippen LogP contribution in [0.25, 0.3) is 0 Å². The summed E-state index contributed by atoms with van der Waals surface area (Å²) in [6, 6.07) is 0. The molecule has 0 aromatic rings. The third-order valence-corrected chi connectivity index (χ3v) is 3.89. The molecule has 0 amide bonds. The van der Waals surface area contributed by atoms with Gasteiger partial charge in [0, 0.05) is 13.2 Å². The van der Waals surface area contributed by atoms with Crippen LogP contribution in [-0.2, 0) is 23.8 Å². The van der Waals surface area contributed by atoms with Crippen LogP contribution in [0.2, 0.25) is 0 Å². The van der Waals surface area contributed by atoms with Gasteiger partial charge in [-0.05, 0) is 20.8 Å². The standard InChI is InChI=1S/C12H20O5S/c1-4-15-11(14)9-8(13)7-18-10(9)12(16-5-2)17-6-3/h9-10,12H,4-7H2,1-3H3. The van der Waals surface area contributed by atoms with Crippen molar-refractivity contribution in [3.8, 4) is 0 Å². The molecule has 0 aromatic heterocycles. The molecule has 1 saturated heterocycles. The minimum Gasteiger partial charge on any atom is -0.465 e. The second kappa shape index (κ2) is 7.76. The van der Waals surface area contributed by atoms with Gasteiger partial charge >= 0.3 is 5.97 Å². The minimum absolute atomic E-state index is 0.104.